The van der Waals surface area contributed by atoms with Crippen LogP contribution in [0.25, 0.3) is 0 Å². The lowest BCUT2D eigenvalue weighted by Gasteiger charge is -2.12. The van der Waals surface area contributed by atoms with Crippen molar-refractivity contribution in [2.45, 2.75) is 26.4 Å². The van der Waals surface area contributed by atoms with Crippen molar-refractivity contribution in [3.05, 3.63) is 60.2 Å². The standard InChI is InChI=1S/C19H20N6O4/c1-3-24-15(7-9-20-24)17(26)22-13-5-4-6-14(11-13)23-18(27)16-8-10-21-25(16)12(2)19(28)29/h4-12H,3H2,1-2H3,(H,22,26)(H,23,27)(H,28,29). The largest absolute Gasteiger partial charge is 0.480 e. The lowest BCUT2D eigenvalue weighted by molar-refractivity contribution is -0.140. The highest BCUT2D eigenvalue weighted by Gasteiger charge is 2.21. The minimum atomic E-state index is -1.10. The number of hydrogen-bond acceptors (Lipinski definition) is 5. The van der Waals surface area contributed by atoms with Gasteiger partial charge in [-0.1, -0.05) is 6.07 Å². The summed E-state index contributed by atoms with van der Waals surface area (Å²) >= 11 is 0. The number of aromatic nitrogens is 4. The van der Waals surface area contributed by atoms with Crippen LogP contribution >= 0.6 is 0 Å². The van der Waals surface area contributed by atoms with Crippen molar-refractivity contribution in [3.63, 3.8) is 0 Å². The Kier molecular flexibility index (Phi) is 5.72. The van der Waals surface area contributed by atoms with Gasteiger partial charge in [-0.15, -0.1) is 0 Å². The van der Waals surface area contributed by atoms with E-state index in [0.717, 1.165) is 4.68 Å². The van der Waals surface area contributed by atoms with Gasteiger partial charge in [0.2, 0.25) is 0 Å². The first-order valence-electron chi connectivity index (χ1n) is 8.91. The Morgan fingerprint density at radius 2 is 1.59 bits per heavy atom. The number of benzene rings is 1. The fourth-order valence-electron chi connectivity index (χ4n) is 2.75. The normalized spacial score (nSPS) is 11.7. The third kappa shape index (κ3) is 4.32. The summed E-state index contributed by atoms with van der Waals surface area (Å²) in [6, 6.07) is 8.70. The van der Waals surface area contributed by atoms with E-state index in [1.54, 1.807) is 41.2 Å². The first-order valence-corrected chi connectivity index (χ1v) is 8.91. The number of rotatable bonds is 7. The molecule has 0 aliphatic carbocycles. The summed E-state index contributed by atoms with van der Waals surface area (Å²) in [5.41, 5.74) is 1.46. The van der Waals surface area contributed by atoms with Crippen molar-refractivity contribution in [2.75, 3.05) is 10.6 Å². The molecule has 0 bridgehead atoms. The number of nitrogens with one attached hydrogen (secondary N) is 2. The molecule has 0 saturated heterocycles. The Morgan fingerprint density at radius 3 is 2.21 bits per heavy atom. The molecule has 3 N–H and O–H groups in total. The summed E-state index contributed by atoms with van der Waals surface area (Å²) in [7, 11) is 0. The molecule has 10 nitrogen and oxygen atoms in total. The third-order valence-electron chi connectivity index (χ3n) is 4.25. The second kappa shape index (κ2) is 8.38. The smallest absolute Gasteiger partial charge is 0.328 e. The molecule has 1 unspecified atom stereocenters. The number of anilines is 2. The number of carboxylic acid groups (broad SMARTS) is 1. The topological polar surface area (TPSA) is 131 Å². The van der Waals surface area contributed by atoms with E-state index in [4.69, 9.17) is 5.11 Å². The van der Waals surface area contributed by atoms with Crippen LogP contribution in [0.1, 0.15) is 40.9 Å². The molecule has 3 rings (SSSR count). The summed E-state index contributed by atoms with van der Waals surface area (Å²) in [6.45, 7) is 3.88. The molecule has 0 radical (unpaired) electrons. The Labute approximate surface area is 166 Å². The quantitative estimate of drug-likeness (QED) is 0.561. The molecule has 3 aromatic rings. The number of aliphatic carboxylic acids is 1. The maximum Gasteiger partial charge on any atom is 0.328 e. The third-order valence-corrected chi connectivity index (χ3v) is 4.25. The molecule has 0 fully saturated rings. The van der Waals surface area contributed by atoms with Gasteiger partial charge in [0.1, 0.15) is 17.4 Å². The number of carboxylic acids is 1. The number of nitrogens with zero attached hydrogens (tertiary/aromatic N) is 4. The zero-order valence-electron chi connectivity index (χ0n) is 15.9. The zero-order chi connectivity index (χ0) is 21.0. The van der Waals surface area contributed by atoms with Crippen LogP contribution in [-0.4, -0.2) is 42.5 Å². The Balaban J connectivity index is 1.74. The van der Waals surface area contributed by atoms with Crippen LogP contribution in [0.15, 0.2) is 48.8 Å². The van der Waals surface area contributed by atoms with E-state index < -0.39 is 17.9 Å². The van der Waals surface area contributed by atoms with Gasteiger partial charge in [-0.05, 0) is 44.2 Å². The maximum atomic E-state index is 12.6. The van der Waals surface area contributed by atoms with Gasteiger partial charge >= 0.3 is 5.97 Å². The SMILES string of the molecule is CCn1nccc1C(=O)Nc1cccc(NC(=O)c2ccnn2C(C)C(=O)O)c1. The van der Waals surface area contributed by atoms with Gasteiger partial charge in [0.25, 0.3) is 11.8 Å². The van der Waals surface area contributed by atoms with Crippen LogP contribution in [-0.2, 0) is 11.3 Å². The Bertz CT molecular complexity index is 1050. The van der Waals surface area contributed by atoms with E-state index >= 15 is 0 Å². The number of hydrogen-bond donors (Lipinski definition) is 3. The fraction of sp³-hybridized carbons (Fsp3) is 0.211. The van der Waals surface area contributed by atoms with Gasteiger partial charge in [0.05, 0.1) is 0 Å². The fourth-order valence-corrected chi connectivity index (χ4v) is 2.75. The van der Waals surface area contributed by atoms with E-state index in [1.165, 1.54) is 19.2 Å². The molecule has 0 aliphatic rings. The summed E-state index contributed by atoms with van der Waals surface area (Å²) in [6.07, 6.45) is 2.91. The Hall–Kier alpha value is -3.95. The van der Waals surface area contributed by atoms with Crippen LogP contribution in [0.3, 0.4) is 0 Å². The summed E-state index contributed by atoms with van der Waals surface area (Å²) in [4.78, 5) is 36.2. The molecule has 0 saturated carbocycles. The first-order chi connectivity index (χ1) is 13.9. The van der Waals surface area contributed by atoms with Gasteiger partial charge < -0.3 is 15.7 Å². The molecule has 2 aromatic heterocycles. The van der Waals surface area contributed by atoms with Gasteiger partial charge in [-0.2, -0.15) is 10.2 Å². The second-order valence-electron chi connectivity index (χ2n) is 6.20. The van der Waals surface area contributed by atoms with Crippen molar-refractivity contribution in [1.29, 1.82) is 0 Å². The van der Waals surface area contributed by atoms with Gasteiger partial charge in [-0.3, -0.25) is 14.3 Å². The number of amides is 2. The lowest BCUT2D eigenvalue weighted by atomic mass is 10.2. The van der Waals surface area contributed by atoms with Crippen LogP contribution < -0.4 is 10.6 Å². The molecule has 2 amide bonds. The summed E-state index contributed by atoms with van der Waals surface area (Å²) in [5, 5.41) is 22.6. The Morgan fingerprint density at radius 1 is 1.00 bits per heavy atom. The highest BCUT2D eigenvalue weighted by molar-refractivity contribution is 6.05. The van der Waals surface area contributed by atoms with Crippen molar-refractivity contribution < 1.29 is 19.5 Å². The van der Waals surface area contributed by atoms with E-state index in [0.29, 0.717) is 23.6 Å². The molecule has 1 aromatic carbocycles. The molecule has 2 heterocycles. The average Bonchev–Trinajstić information content (AvgIpc) is 3.36. The summed E-state index contributed by atoms with van der Waals surface area (Å²) < 4.78 is 2.71. The van der Waals surface area contributed by atoms with Gasteiger partial charge in [0.15, 0.2) is 0 Å². The lowest BCUT2D eigenvalue weighted by Crippen LogP contribution is -2.24. The number of carbonyl (C=O) groups is 3. The molecular weight excluding hydrogens is 376 g/mol. The van der Waals surface area contributed by atoms with Crippen molar-refractivity contribution >= 4 is 29.2 Å². The van der Waals surface area contributed by atoms with Gasteiger partial charge in [0, 0.05) is 30.3 Å². The molecule has 0 aliphatic heterocycles. The van der Waals surface area contributed by atoms with E-state index in [1.807, 2.05) is 6.92 Å². The van der Waals surface area contributed by atoms with E-state index in [-0.39, 0.29) is 11.6 Å². The minimum absolute atomic E-state index is 0.112. The molecule has 29 heavy (non-hydrogen) atoms. The van der Waals surface area contributed by atoms with E-state index in [9.17, 15) is 14.4 Å². The van der Waals surface area contributed by atoms with Crippen molar-refractivity contribution in [1.82, 2.24) is 19.6 Å². The highest BCUT2D eigenvalue weighted by Crippen LogP contribution is 2.18. The van der Waals surface area contributed by atoms with Crippen LogP contribution in [0.4, 0.5) is 11.4 Å². The molecule has 0 spiro atoms. The monoisotopic (exact) mass is 396 g/mol. The second-order valence-corrected chi connectivity index (χ2v) is 6.20. The van der Waals surface area contributed by atoms with Gasteiger partial charge in [-0.25, -0.2) is 9.48 Å². The van der Waals surface area contributed by atoms with Crippen LogP contribution in [0.2, 0.25) is 0 Å². The average molecular weight is 396 g/mol. The molecule has 10 heteroatoms. The molecule has 1 atom stereocenters. The van der Waals surface area contributed by atoms with Crippen LogP contribution in [0.5, 0.6) is 0 Å². The van der Waals surface area contributed by atoms with Crippen LogP contribution in [0, 0.1) is 0 Å². The molecular formula is C19H20N6O4. The number of aryl methyl sites for hydroxylation is 1. The van der Waals surface area contributed by atoms with Crippen molar-refractivity contribution in [2.24, 2.45) is 0 Å². The molecule has 150 valence electrons. The maximum absolute atomic E-state index is 12.6. The first kappa shape index (κ1) is 19.8. The minimum Gasteiger partial charge on any atom is -0.480 e. The highest BCUT2D eigenvalue weighted by atomic mass is 16.4. The zero-order valence-corrected chi connectivity index (χ0v) is 15.9. The van der Waals surface area contributed by atoms with E-state index in [2.05, 4.69) is 20.8 Å². The number of carbonyl (C=O) groups excluding carboxylic acids is 2. The summed E-state index contributed by atoms with van der Waals surface area (Å²) in [5.74, 6) is -1.93. The van der Waals surface area contributed by atoms with Crippen molar-refractivity contribution in [3.8, 4) is 0 Å². The predicted molar refractivity (Wildman–Crippen MR) is 105 cm³/mol. The predicted octanol–water partition coefficient (Wildman–Crippen LogP) is 2.25.